The molecule has 0 nitrogen and oxygen atoms in total. The lowest BCUT2D eigenvalue weighted by molar-refractivity contribution is 1.14. The van der Waals surface area contributed by atoms with E-state index < -0.39 is 0 Å². The van der Waals surface area contributed by atoms with Crippen LogP contribution in [0, 0.1) is 0 Å². The third kappa shape index (κ3) is 2.58. The molecule has 0 atom stereocenters. The van der Waals surface area contributed by atoms with Crippen LogP contribution in [-0.4, -0.2) is 0 Å². The summed E-state index contributed by atoms with van der Waals surface area (Å²) in [5.41, 5.74) is 2.57. The van der Waals surface area contributed by atoms with Gasteiger partial charge in [0.1, 0.15) is 0 Å². The van der Waals surface area contributed by atoms with E-state index >= 15 is 0 Å². The van der Waals surface area contributed by atoms with Gasteiger partial charge >= 0.3 is 0 Å². The highest BCUT2D eigenvalue weighted by atomic mass is 13.9. The van der Waals surface area contributed by atoms with Gasteiger partial charge in [0.05, 0.1) is 0 Å². The lowest BCUT2D eigenvalue weighted by Gasteiger charge is -1.95. The number of benzene rings is 1. The minimum absolute atomic E-state index is 0. The van der Waals surface area contributed by atoms with Crippen molar-refractivity contribution in [1.82, 2.24) is 0 Å². The van der Waals surface area contributed by atoms with Crippen LogP contribution in [0.2, 0.25) is 0 Å². The largest absolute Gasteiger partial charge is 0.0985 e. The second-order valence-electron chi connectivity index (χ2n) is 2.30. The molecule has 1 aromatic rings. The highest BCUT2D eigenvalue weighted by Gasteiger charge is 1.86. The van der Waals surface area contributed by atoms with Gasteiger partial charge < -0.3 is 0 Å². The Morgan fingerprint density at radius 2 is 1.82 bits per heavy atom. The Bertz CT molecular complexity index is 206. The SMILES string of the molecule is C.C=Cc1ccc(CC)cc1. The van der Waals surface area contributed by atoms with Gasteiger partial charge in [0.2, 0.25) is 0 Å². The lowest BCUT2D eigenvalue weighted by atomic mass is 10.1. The van der Waals surface area contributed by atoms with E-state index in [4.69, 9.17) is 0 Å². The van der Waals surface area contributed by atoms with Gasteiger partial charge in [0.25, 0.3) is 0 Å². The summed E-state index contributed by atoms with van der Waals surface area (Å²) in [4.78, 5) is 0. The third-order valence-corrected chi connectivity index (χ3v) is 1.62. The van der Waals surface area contributed by atoms with Gasteiger partial charge in [0, 0.05) is 0 Å². The van der Waals surface area contributed by atoms with Crippen LogP contribution in [0.3, 0.4) is 0 Å². The summed E-state index contributed by atoms with van der Waals surface area (Å²) in [7, 11) is 0. The van der Waals surface area contributed by atoms with Gasteiger partial charge in [-0.25, -0.2) is 0 Å². The molecule has 0 saturated carbocycles. The lowest BCUT2D eigenvalue weighted by Crippen LogP contribution is -1.78. The molecular formula is C11H16. The maximum atomic E-state index is 3.69. The molecule has 0 fully saturated rings. The zero-order valence-electron chi connectivity index (χ0n) is 6.30. The molecule has 0 unspecified atom stereocenters. The smallest absolute Gasteiger partial charge is 0.0262 e. The topological polar surface area (TPSA) is 0 Å². The fourth-order valence-corrected chi connectivity index (χ4v) is 0.889. The molecule has 0 aliphatic rings. The van der Waals surface area contributed by atoms with Gasteiger partial charge in [-0.15, -0.1) is 0 Å². The predicted octanol–water partition coefficient (Wildman–Crippen LogP) is 3.53. The summed E-state index contributed by atoms with van der Waals surface area (Å²) >= 11 is 0. The molecule has 0 saturated heterocycles. The molecule has 0 bridgehead atoms. The zero-order chi connectivity index (χ0) is 7.40. The average Bonchev–Trinajstić information content (AvgIpc) is 2.05. The molecule has 0 heterocycles. The Morgan fingerprint density at radius 1 is 1.27 bits per heavy atom. The third-order valence-electron chi connectivity index (χ3n) is 1.62. The van der Waals surface area contributed by atoms with Gasteiger partial charge in [0.15, 0.2) is 0 Å². The van der Waals surface area contributed by atoms with Crippen LogP contribution in [0.25, 0.3) is 6.08 Å². The molecule has 0 aromatic heterocycles. The van der Waals surface area contributed by atoms with Gasteiger partial charge in [-0.3, -0.25) is 0 Å². The Balaban J connectivity index is 0.000001000. The van der Waals surface area contributed by atoms with Crippen LogP contribution in [-0.2, 0) is 6.42 Å². The van der Waals surface area contributed by atoms with E-state index in [1.165, 1.54) is 11.1 Å². The molecule has 0 heteroatoms. The maximum absolute atomic E-state index is 3.69. The first-order valence-electron chi connectivity index (χ1n) is 3.58. The standard InChI is InChI=1S/C10H12.CH4/c1-3-9-5-7-10(4-2)8-6-9;/h3,5-8H,1,4H2,2H3;1H4. The Hall–Kier alpha value is -1.04. The molecule has 0 aliphatic heterocycles. The molecule has 0 spiro atoms. The second kappa shape index (κ2) is 4.73. The summed E-state index contributed by atoms with van der Waals surface area (Å²) in [5, 5.41) is 0. The quantitative estimate of drug-likeness (QED) is 0.602. The molecule has 0 radical (unpaired) electrons. The molecule has 0 amide bonds. The minimum atomic E-state index is 0. The van der Waals surface area contributed by atoms with Gasteiger partial charge in [-0.1, -0.05) is 51.3 Å². The van der Waals surface area contributed by atoms with Crippen LogP contribution in [0.4, 0.5) is 0 Å². The molecule has 11 heavy (non-hydrogen) atoms. The first-order chi connectivity index (χ1) is 4.86. The van der Waals surface area contributed by atoms with E-state index in [1.54, 1.807) is 0 Å². The van der Waals surface area contributed by atoms with Crippen molar-refractivity contribution in [2.24, 2.45) is 0 Å². The van der Waals surface area contributed by atoms with E-state index in [0.717, 1.165) is 6.42 Å². The predicted molar refractivity (Wildman–Crippen MR) is 52.6 cm³/mol. The first kappa shape index (κ1) is 9.96. The van der Waals surface area contributed by atoms with E-state index in [2.05, 4.69) is 37.8 Å². The van der Waals surface area contributed by atoms with E-state index in [0.29, 0.717) is 0 Å². The molecule has 1 rings (SSSR count). The van der Waals surface area contributed by atoms with Crippen LogP contribution in [0.15, 0.2) is 30.8 Å². The Labute approximate surface area is 69.6 Å². The molecular weight excluding hydrogens is 132 g/mol. The normalized spacial score (nSPS) is 8.45. The van der Waals surface area contributed by atoms with Gasteiger partial charge in [-0.05, 0) is 17.5 Å². The maximum Gasteiger partial charge on any atom is -0.0262 e. The fraction of sp³-hybridized carbons (Fsp3) is 0.273. The van der Waals surface area contributed by atoms with Crippen molar-refractivity contribution in [3.63, 3.8) is 0 Å². The minimum Gasteiger partial charge on any atom is -0.0985 e. The molecule has 0 N–H and O–H groups in total. The van der Waals surface area contributed by atoms with Crippen LogP contribution in [0.1, 0.15) is 25.5 Å². The van der Waals surface area contributed by atoms with Crippen molar-refractivity contribution in [2.75, 3.05) is 0 Å². The second-order valence-corrected chi connectivity index (χ2v) is 2.30. The van der Waals surface area contributed by atoms with Crippen LogP contribution in [0.5, 0.6) is 0 Å². The highest BCUT2D eigenvalue weighted by Crippen LogP contribution is 2.05. The zero-order valence-corrected chi connectivity index (χ0v) is 6.30. The van der Waals surface area contributed by atoms with Crippen LogP contribution >= 0.6 is 0 Å². The van der Waals surface area contributed by atoms with Crippen molar-refractivity contribution in [1.29, 1.82) is 0 Å². The van der Waals surface area contributed by atoms with Gasteiger partial charge in [-0.2, -0.15) is 0 Å². The first-order valence-corrected chi connectivity index (χ1v) is 3.58. The van der Waals surface area contributed by atoms with Crippen molar-refractivity contribution in [3.8, 4) is 0 Å². The molecule has 60 valence electrons. The Kier molecular flexibility index (Phi) is 4.28. The summed E-state index contributed by atoms with van der Waals surface area (Å²) in [5.74, 6) is 0. The molecule has 0 aliphatic carbocycles. The number of hydrogen-bond donors (Lipinski definition) is 0. The monoisotopic (exact) mass is 148 g/mol. The summed E-state index contributed by atoms with van der Waals surface area (Å²) in [6, 6.07) is 8.45. The van der Waals surface area contributed by atoms with E-state index in [1.807, 2.05) is 6.08 Å². The van der Waals surface area contributed by atoms with E-state index in [-0.39, 0.29) is 7.43 Å². The average molecular weight is 148 g/mol. The van der Waals surface area contributed by atoms with Crippen molar-refractivity contribution >= 4 is 6.08 Å². The highest BCUT2D eigenvalue weighted by molar-refractivity contribution is 5.47. The van der Waals surface area contributed by atoms with Crippen molar-refractivity contribution < 1.29 is 0 Å². The number of hydrogen-bond acceptors (Lipinski definition) is 0. The summed E-state index contributed by atoms with van der Waals surface area (Å²) < 4.78 is 0. The van der Waals surface area contributed by atoms with Crippen molar-refractivity contribution in [2.45, 2.75) is 20.8 Å². The Morgan fingerprint density at radius 3 is 2.18 bits per heavy atom. The summed E-state index contributed by atoms with van der Waals surface area (Å²) in [6.45, 7) is 5.84. The molecule has 1 aromatic carbocycles. The van der Waals surface area contributed by atoms with E-state index in [9.17, 15) is 0 Å². The fourth-order valence-electron chi connectivity index (χ4n) is 0.889. The summed E-state index contributed by atoms with van der Waals surface area (Å²) in [6.07, 6.45) is 2.97. The van der Waals surface area contributed by atoms with Crippen LogP contribution < -0.4 is 0 Å². The van der Waals surface area contributed by atoms with Crippen molar-refractivity contribution in [3.05, 3.63) is 42.0 Å². The number of rotatable bonds is 2. The number of aryl methyl sites for hydroxylation is 1.